The fraction of sp³-hybridized carbons (Fsp3) is 0. The molecule has 0 saturated heterocycles. The number of aromatic carboxylic acids is 1. The van der Waals surface area contributed by atoms with Gasteiger partial charge in [0.1, 0.15) is 0 Å². The summed E-state index contributed by atoms with van der Waals surface area (Å²) in [5.41, 5.74) is 0.192. The zero-order valence-corrected chi connectivity index (χ0v) is 8.34. The predicted molar refractivity (Wildman–Crippen MR) is 52.5 cm³/mol. The molecule has 0 heterocycles. The molecule has 0 aliphatic carbocycles. The highest BCUT2D eigenvalue weighted by Gasteiger charge is 2.04. The first-order chi connectivity index (χ1) is 6.49. The summed E-state index contributed by atoms with van der Waals surface area (Å²) >= 11 is 5.59. The number of benzene rings is 1. The van der Waals surface area contributed by atoms with Crippen molar-refractivity contribution < 1.29 is 18.3 Å². The van der Waals surface area contributed by atoms with Crippen LogP contribution in [-0.4, -0.2) is 24.9 Å². The maximum Gasteiger partial charge on any atom is 0.335 e. The van der Waals surface area contributed by atoms with Gasteiger partial charge in [-0.2, -0.15) is 8.42 Å². The van der Waals surface area contributed by atoms with Crippen LogP contribution in [0.5, 0.6) is 0 Å². The van der Waals surface area contributed by atoms with Crippen LogP contribution in [0.1, 0.15) is 15.9 Å². The number of halogens is 1. The van der Waals surface area contributed by atoms with Crippen molar-refractivity contribution in [3.63, 3.8) is 0 Å². The molecule has 0 aliphatic heterocycles. The molecule has 1 aromatic carbocycles. The third kappa shape index (κ3) is 2.86. The SMILES string of the molecule is O=C(O)c1cc(Cl)cc(C=S(=O)=O)c1. The van der Waals surface area contributed by atoms with Gasteiger partial charge in [-0.1, -0.05) is 11.6 Å². The maximum absolute atomic E-state index is 10.6. The normalized spacial score (nSPS) is 9.50. The van der Waals surface area contributed by atoms with Crippen LogP contribution in [0.25, 0.3) is 0 Å². The molecule has 4 nitrogen and oxygen atoms in total. The van der Waals surface area contributed by atoms with Gasteiger partial charge in [0, 0.05) is 5.02 Å². The van der Waals surface area contributed by atoms with Crippen molar-refractivity contribution in [2.45, 2.75) is 0 Å². The Hall–Kier alpha value is -1.33. The lowest BCUT2D eigenvalue weighted by Gasteiger charge is -1.97. The van der Waals surface area contributed by atoms with E-state index in [4.69, 9.17) is 16.7 Å². The topological polar surface area (TPSA) is 71.4 Å². The average molecular weight is 233 g/mol. The molecule has 1 aromatic rings. The number of rotatable bonds is 2. The lowest BCUT2D eigenvalue weighted by Crippen LogP contribution is -1.97. The van der Waals surface area contributed by atoms with E-state index in [1.807, 2.05) is 0 Å². The van der Waals surface area contributed by atoms with E-state index in [0.717, 1.165) is 5.37 Å². The summed E-state index contributed by atoms with van der Waals surface area (Å²) in [5, 5.41) is 9.71. The van der Waals surface area contributed by atoms with E-state index in [9.17, 15) is 13.2 Å². The van der Waals surface area contributed by atoms with Gasteiger partial charge in [0.2, 0.25) is 10.3 Å². The molecule has 0 unspecified atom stereocenters. The van der Waals surface area contributed by atoms with Crippen LogP contribution < -0.4 is 0 Å². The van der Waals surface area contributed by atoms with E-state index >= 15 is 0 Å². The van der Waals surface area contributed by atoms with Gasteiger partial charge in [0.15, 0.2) is 0 Å². The lowest BCUT2D eigenvalue weighted by atomic mass is 10.1. The monoisotopic (exact) mass is 232 g/mol. The van der Waals surface area contributed by atoms with Gasteiger partial charge in [-0.05, 0) is 23.8 Å². The first kappa shape index (κ1) is 10.7. The Labute approximate surface area is 86.3 Å². The van der Waals surface area contributed by atoms with Gasteiger partial charge in [-0.25, -0.2) is 4.79 Å². The molecule has 14 heavy (non-hydrogen) atoms. The molecule has 1 rings (SSSR count). The van der Waals surface area contributed by atoms with Gasteiger partial charge in [0.25, 0.3) is 0 Å². The van der Waals surface area contributed by atoms with Gasteiger partial charge >= 0.3 is 5.97 Å². The highest BCUT2D eigenvalue weighted by atomic mass is 35.5. The van der Waals surface area contributed by atoms with Crippen molar-refractivity contribution in [3.8, 4) is 0 Å². The molecule has 1 N–H and O–H groups in total. The summed E-state index contributed by atoms with van der Waals surface area (Å²) in [6, 6.07) is 3.84. The van der Waals surface area contributed by atoms with Crippen molar-refractivity contribution in [1.82, 2.24) is 0 Å². The zero-order chi connectivity index (χ0) is 10.7. The second kappa shape index (κ2) is 4.26. The second-order valence-electron chi connectivity index (χ2n) is 2.46. The third-order valence-electron chi connectivity index (χ3n) is 1.40. The Morgan fingerprint density at radius 3 is 2.50 bits per heavy atom. The fourth-order valence-electron chi connectivity index (χ4n) is 0.915. The summed E-state index contributed by atoms with van der Waals surface area (Å²) in [6.07, 6.45) is 0. The van der Waals surface area contributed by atoms with E-state index in [0.29, 0.717) is 0 Å². The molecule has 0 saturated carbocycles. The van der Waals surface area contributed by atoms with Gasteiger partial charge in [-0.15, -0.1) is 0 Å². The molecule has 0 radical (unpaired) electrons. The first-order valence-electron chi connectivity index (χ1n) is 3.46. The first-order valence-corrected chi connectivity index (χ1v) is 4.97. The van der Waals surface area contributed by atoms with Crippen LogP contribution in [0.2, 0.25) is 5.02 Å². The number of hydrogen-bond acceptors (Lipinski definition) is 3. The van der Waals surface area contributed by atoms with E-state index < -0.39 is 16.3 Å². The van der Waals surface area contributed by atoms with Gasteiger partial charge in [-0.3, -0.25) is 0 Å². The van der Waals surface area contributed by atoms with Crippen LogP contribution in [-0.2, 0) is 10.3 Å². The molecule has 6 heteroatoms. The Kier molecular flexibility index (Phi) is 3.27. The molecule has 0 fully saturated rings. The second-order valence-corrected chi connectivity index (χ2v) is 3.65. The Morgan fingerprint density at radius 2 is 2.00 bits per heavy atom. The molecule has 74 valence electrons. The lowest BCUT2D eigenvalue weighted by molar-refractivity contribution is 0.0697. The summed E-state index contributed by atoms with van der Waals surface area (Å²) in [7, 11) is -2.37. The largest absolute Gasteiger partial charge is 0.478 e. The van der Waals surface area contributed by atoms with Crippen LogP contribution in [0.3, 0.4) is 0 Å². The molecular weight excluding hydrogens is 228 g/mol. The zero-order valence-electron chi connectivity index (χ0n) is 6.77. The smallest absolute Gasteiger partial charge is 0.335 e. The maximum atomic E-state index is 10.6. The Bertz CT molecular complexity index is 496. The molecule has 0 aliphatic rings. The summed E-state index contributed by atoms with van der Waals surface area (Å²) in [6.45, 7) is 0. The van der Waals surface area contributed by atoms with Crippen molar-refractivity contribution in [2.24, 2.45) is 0 Å². The van der Waals surface area contributed by atoms with E-state index in [1.165, 1.54) is 18.2 Å². The minimum Gasteiger partial charge on any atom is -0.478 e. The standard InChI is InChI=1S/C8H5ClO4S/c9-7-2-5(4-14(12)13)1-6(3-7)8(10)11/h1-4H,(H,10,11). The van der Waals surface area contributed by atoms with E-state index in [1.54, 1.807) is 0 Å². The van der Waals surface area contributed by atoms with Crippen molar-refractivity contribution in [1.29, 1.82) is 0 Å². The quantitative estimate of drug-likeness (QED) is 0.775. The van der Waals surface area contributed by atoms with E-state index in [2.05, 4.69) is 0 Å². The van der Waals surface area contributed by atoms with Gasteiger partial charge < -0.3 is 5.11 Å². The highest BCUT2D eigenvalue weighted by molar-refractivity contribution is 7.71. The molecule has 0 aromatic heterocycles. The molecule has 0 bridgehead atoms. The number of carboxylic acid groups (broad SMARTS) is 1. The van der Waals surface area contributed by atoms with Crippen molar-refractivity contribution in [3.05, 3.63) is 34.3 Å². The average Bonchev–Trinajstić information content (AvgIpc) is 2.01. The summed E-state index contributed by atoms with van der Waals surface area (Å²) < 4.78 is 20.6. The molecule has 0 spiro atoms. The number of hydrogen-bond donors (Lipinski definition) is 1. The van der Waals surface area contributed by atoms with Gasteiger partial charge in [0.05, 0.1) is 10.9 Å². The minimum atomic E-state index is -2.37. The van der Waals surface area contributed by atoms with Crippen molar-refractivity contribution >= 4 is 33.2 Å². The highest BCUT2D eigenvalue weighted by Crippen LogP contribution is 2.13. The minimum absolute atomic E-state index is 0.0470. The Morgan fingerprint density at radius 1 is 1.36 bits per heavy atom. The summed E-state index contributed by atoms with van der Waals surface area (Å²) in [4.78, 5) is 10.6. The Balaban J connectivity index is 3.34. The summed E-state index contributed by atoms with van der Waals surface area (Å²) in [5.74, 6) is -1.15. The number of carbonyl (C=O) groups is 1. The van der Waals surface area contributed by atoms with Crippen LogP contribution in [0.4, 0.5) is 0 Å². The van der Waals surface area contributed by atoms with E-state index in [-0.39, 0.29) is 16.1 Å². The molecular formula is C8H5ClO4S. The fourth-order valence-corrected chi connectivity index (χ4v) is 1.52. The van der Waals surface area contributed by atoms with Crippen LogP contribution >= 0.6 is 11.6 Å². The molecule has 0 amide bonds. The van der Waals surface area contributed by atoms with Crippen LogP contribution in [0, 0.1) is 0 Å². The predicted octanol–water partition coefficient (Wildman–Crippen LogP) is 1.07. The third-order valence-corrected chi connectivity index (χ3v) is 2.08. The van der Waals surface area contributed by atoms with Crippen LogP contribution in [0.15, 0.2) is 18.2 Å². The number of carboxylic acids is 1. The molecule has 0 atom stereocenters. The van der Waals surface area contributed by atoms with Crippen molar-refractivity contribution in [2.75, 3.05) is 0 Å².